The lowest BCUT2D eigenvalue weighted by molar-refractivity contribution is -0.127. The van der Waals surface area contributed by atoms with E-state index in [4.69, 9.17) is 0 Å². The van der Waals surface area contributed by atoms with Crippen molar-refractivity contribution in [2.24, 2.45) is 5.92 Å². The Morgan fingerprint density at radius 3 is 3.00 bits per heavy atom. The SMILES string of the molecule is Cc1ncsc1CCNC(=O)C1CCC1. The van der Waals surface area contributed by atoms with Crippen LogP contribution in [0.4, 0.5) is 0 Å². The summed E-state index contributed by atoms with van der Waals surface area (Å²) >= 11 is 1.67. The lowest BCUT2D eigenvalue weighted by Gasteiger charge is -2.23. The molecule has 2 rings (SSSR count). The standard InChI is InChI=1S/C11H16N2OS/c1-8-10(15-7-13-8)5-6-12-11(14)9-3-2-4-9/h7,9H,2-6H2,1H3,(H,12,14). The molecule has 1 heterocycles. The second kappa shape index (κ2) is 4.75. The Morgan fingerprint density at radius 1 is 1.67 bits per heavy atom. The maximum Gasteiger partial charge on any atom is 0.223 e. The van der Waals surface area contributed by atoms with E-state index in [1.807, 2.05) is 12.4 Å². The highest BCUT2D eigenvalue weighted by atomic mass is 32.1. The summed E-state index contributed by atoms with van der Waals surface area (Å²) in [7, 11) is 0. The molecule has 0 radical (unpaired) electrons. The summed E-state index contributed by atoms with van der Waals surface area (Å²) in [4.78, 5) is 17.0. The van der Waals surface area contributed by atoms with E-state index in [9.17, 15) is 4.79 Å². The minimum Gasteiger partial charge on any atom is -0.356 e. The molecule has 0 saturated heterocycles. The van der Waals surface area contributed by atoms with Crippen molar-refractivity contribution >= 4 is 17.2 Å². The van der Waals surface area contributed by atoms with Gasteiger partial charge in [0.05, 0.1) is 11.2 Å². The Hall–Kier alpha value is -0.900. The zero-order valence-electron chi connectivity index (χ0n) is 8.95. The molecule has 0 aromatic carbocycles. The van der Waals surface area contributed by atoms with Crippen LogP contribution in [-0.2, 0) is 11.2 Å². The molecule has 1 fully saturated rings. The Kier molecular flexibility index (Phi) is 3.36. The molecule has 0 bridgehead atoms. The molecule has 1 saturated carbocycles. The van der Waals surface area contributed by atoms with Gasteiger partial charge < -0.3 is 5.32 Å². The predicted octanol–water partition coefficient (Wildman–Crippen LogP) is 1.91. The second-order valence-corrected chi connectivity index (χ2v) is 4.97. The van der Waals surface area contributed by atoms with E-state index in [-0.39, 0.29) is 5.91 Å². The van der Waals surface area contributed by atoms with Gasteiger partial charge in [0.2, 0.25) is 5.91 Å². The normalized spacial score (nSPS) is 16.1. The molecule has 1 aromatic rings. The van der Waals surface area contributed by atoms with E-state index in [0.29, 0.717) is 5.92 Å². The number of aromatic nitrogens is 1. The molecular weight excluding hydrogens is 208 g/mol. The third-order valence-electron chi connectivity index (χ3n) is 2.97. The number of amides is 1. The summed E-state index contributed by atoms with van der Waals surface area (Å²) in [5, 5.41) is 2.99. The molecule has 3 nitrogen and oxygen atoms in total. The molecule has 0 spiro atoms. The van der Waals surface area contributed by atoms with E-state index in [1.54, 1.807) is 11.3 Å². The summed E-state index contributed by atoms with van der Waals surface area (Å²) in [6, 6.07) is 0. The first-order valence-corrected chi connectivity index (χ1v) is 6.32. The van der Waals surface area contributed by atoms with Gasteiger partial charge in [-0.1, -0.05) is 6.42 Å². The van der Waals surface area contributed by atoms with Crippen LogP contribution in [0.5, 0.6) is 0 Å². The molecule has 1 aromatic heterocycles. The topological polar surface area (TPSA) is 42.0 Å². The lowest BCUT2D eigenvalue weighted by atomic mass is 9.85. The van der Waals surface area contributed by atoms with Crippen LogP contribution in [0, 0.1) is 12.8 Å². The van der Waals surface area contributed by atoms with Crippen LogP contribution in [0.3, 0.4) is 0 Å². The Labute approximate surface area is 93.9 Å². The zero-order chi connectivity index (χ0) is 10.7. The number of aryl methyl sites for hydroxylation is 1. The fourth-order valence-electron chi connectivity index (χ4n) is 1.68. The molecule has 15 heavy (non-hydrogen) atoms. The highest BCUT2D eigenvalue weighted by Gasteiger charge is 2.24. The third-order valence-corrected chi connectivity index (χ3v) is 3.97. The molecular formula is C11H16N2OS. The Bertz CT molecular complexity index is 344. The first kappa shape index (κ1) is 10.6. The van der Waals surface area contributed by atoms with E-state index in [1.165, 1.54) is 11.3 Å². The smallest absolute Gasteiger partial charge is 0.223 e. The minimum atomic E-state index is 0.239. The molecule has 1 N–H and O–H groups in total. The first-order chi connectivity index (χ1) is 7.27. The maximum absolute atomic E-state index is 11.5. The van der Waals surface area contributed by atoms with Crippen molar-refractivity contribution in [2.75, 3.05) is 6.54 Å². The predicted molar refractivity (Wildman–Crippen MR) is 60.9 cm³/mol. The van der Waals surface area contributed by atoms with Crippen LogP contribution in [0.1, 0.15) is 29.8 Å². The van der Waals surface area contributed by atoms with Crippen LogP contribution < -0.4 is 5.32 Å². The number of hydrogen-bond donors (Lipinski definition) is 1. The third kappa shape index (κ3) is 2.56. The van der Waals surface area contributed by atoms with Crippen molar-refractivity contribution in [3.63, 3.8) is 0 Å². The average Bonchev–Trinajstić information content (AvgIpc) is 2.49. The van der Waals surface area contributed by atoms with Crippen molar-refractivity contribution < 1.29 is 4.79 Å². The first-order valence-electron chi connectivity index (χ1n) is 5.44. The van der Waals surface area contributed by atoms with Gasteiger partial charge in [0.1, 0.15) is 0 Å². The van der Waals surface area contributed by atoms with E-state index in [0.717, 1.165) is 31.5 Å². The number of rotatable bonds is 4. The number of carbonyl (C=O) groups is 1. The molecule has 0 atom stereocenters. The number of hydrogen-bond acceptors (Lipinski definition) is 3. The zero-order valence-corrected chi connectivity index (χ0v) is 9.77. The number of thiazole rings is 1. The summed E-state index contributed by atoms with van der Waals surface area (Å²) in [6.45, 7) is 2.76. The van der Waals surface area contributed by atoms with Gasteiger partial charge in [0, 0.05) is 23.8 Å². The monoisotopic (exact) mass is 224 g/mol. The fraction of sp³-hybridized carbons (Fsp3) is 0.636. The van der Waals surface area contributed by atoms with Crippen molar-refractivity contribution in [1.82, 2.24) is 10.3 Å². The second-order valence-electron chi connectivity index (χ2n) is 4.03. The van der Waals surface area contributed by atoms with Crippen LogP contribution in [0.15, 0.2) is 5.51 Å². The summed E-state index contributed by atoms with van der Waals surface area (Å²) in [5.41, 5.74) is 2.95. The van der Waals surface area contributed by atoms with Gasteiger partial charge in [0.15, 0.2) is 0 Å². The minimum absolute atomic E-state index is 0.239. The van der Waals surface area contributed by atoms with Gasteiger partial charge in [-0.25, -0.2) is 4.98 Å². The van der Waals surface area contributed by atoms with Crippen LogP contribution >= 0.6 is 11.3 Å². The molecule has 0 aliphatic heterocycles. The van der Waals surface area contributed by atoms with Crippen molar-refractivity contribution in [3.05, 3.63) is 16.1 Å². The van der Waals surface area contributed by atoms with Crippen molar-refractivity contribution in [3.8, 4) is 0 Å². The highest BCUT2D eigenvalue weighted by molar-refractivity contribution is 7.09. The molecule has 1 aliphatic rings. The lowest BCUT2D eigenvalue weighted by Crippen LogP contribution is -2.35. The van der Waals surface area contributed by atoms with Crippen LogP contribution in [0.25, 0.3) is 0 Å². The Balaban J connectivity index is 1.70. The molecule has 4 heteroatoms. The van der Waals surface area contributed by atoms with Crippen LogP contribution in [-0.4, -0.2) is 17.4 Å². The van der Waals surface area contributed by atoms with Gasteiger partial charge in [0.25, 0.3) is 0 Å². The summed E-state index contributed by atoms with van der Waals surface area (Å²) in [5.74, 6) is 0.538. The van der Waals surface area contributed by atoms with Gasteiger partial charge in [-0.05, 0) is 19.8 Å². The Morgan fingerprint density at radius 2 is 2.47 bits per heavy atom. The van der Waals surface area contributed by atoms with Gasteiger partial charge in [-0.15, -0.1) is 11.3 Å². The number of nitrogens with zero attached hydrogens (tertiary/aromatic N) is 1. The number of carbonyl (C=O) groups excluding carboxylic acids is 1. The number of nitrogens with one attached hydrogen (secondary N) is 1. The van der Waals surface area contributed by atoms with Crippen molar-refractivity contribution in [1.29, 1.82) is 0 Å². The maximum atomic E-state index is 11.5. The quantitative estimate of drug-likeness (QED) is 0.849. The summed E-state index contributed by atoms with van der Waals surface area (Å²) in [6.07, 6.45) is 4.28. The van der Waals surface area contributed by atoms with Gasteiger partial charge >= 0.3 is 0 Å². The molecule has 1 aliphatic carbocycles. The molecule has 0 unspecified atom stereocenters. The van der Waals surface area contributed by atoms with Gasteiger partial charge in [-0.2, -0.15) is 0 Å². The highest BCUT2D eigenvalue weighted by Crippen LogP contribution is 2.26. The average molecular weight is 224 g/mol. The van der Waals surface area contributed by atoms with E-state index in [2.05, 4.69) is 10.3 Å². The van der Waals surface area contributed by atoms with Gasteiger partial charge in [-0.3, -0.25) is 4.79 Å². The largest absolute Gasteiger partial charge is 0.356 e. The van der Waals surface area contributed by atoms with E-state index >= 15 is 0 Å². The fourth-order valence-corrected chi connectivity index (χ4v) is 2.46. The molecule has 82 valence electrons. The van der Waals surface area contributed by atoms with Crippen molar-refractivity contribution in [2.45, 2.75) is 32.6 Å². The van der Waals surface area contributed by atoms with E-state index < -0.39 is 0 Å². The summed E-state index contributed by atoms with van der Waals surface area (Å²) < 4.78 is 0. The molecule has 1 amide bonds. The van der Waals surface area contributed by atoms with Crippen LogP contribution in [0.2, 0.25) is 0 Å².